The molecule has 3 nitrogen and oxygen atoms in total. The van der Waals surface area contributed by atoms with Crippen LogP contribution in [0.5, 0.6) is 0 Å². The van der Waals surface area contributed by atoms with Crippen LogP contribution in [-0.4, -0.2) is 50.0 Å². The second-order valence-electron chi connectivity index (χ2n) is 2.62. The first-order valence-electron chi connectivity index (χ1n) is 3.67. The maximum atomic E-state index is 9.25. The predicted molar refractivity (Wildman–Crippen MR) is 45.6 cm³/mol. The molecule has 0 saturated carbocycles. The zero-order valence-electron chi connectivity index (χ0n) is 7.29. The quantitative estimate of drug-likeness (QED) is 0.558. The van der Waals surface area contributed by atoms with E-state index in [9.17, 15) is 5.11 Å². The number of nitrogens with zero attached hydrogens (tertiary/aromatic N) is 1. The van der Waals surface area contributed by atoms with Gasteiger partial charge in [-0.1, -0.05) is 6.08 Å². The fraction of sp³-hybridized carbons (Fsp3) is 0.750. The Morgan fingerprint density at radius 2 is 2.36 bits per heavy atom. The van der Waals surface area contributed by atoms with Crippen LogP contribution in [0.2, 0.25) is 0 Å². The van der Waals surface area contributed by atoms with Crippen LogP contribution in [0.25, 0.3) is 0 Å². The highest BCUT2D eigenvalue weighted by Crippen LogP contribution is 1.89. The summed E-state index contributed by atoms with van der Waals surface area (Å²) in [6.07, 6.45) is 1.41. The van der Waals surface area contributed by atoms with Crippen molar-refractivity contribution < 1.29 is 9.84 Å². The zero-order chi connectivity index (χ0) is 8.69. The molecule has 0 aliphatic heterocycles. The summed E-state index contributed by atoms with van der Waals surface area (Å²) in [5.41, 5.74) is 0. The van der Waals surface area contributed by atoms with Crippen LogP contribution in [0.3, 0.4) is 0 Å². The van der Waals surface area contributed by atoms with Crippen LogP contribution in [0.15, 0.2) is 12.7 Å². The van der Waals surface area contributed by atoms with Crippen LogP contribution in [-0.2, 0) is 4.74 Å². The van der Waals surface area contributed by atoms with E-state index < -0.39 is 6.10 Å². The Labute approximate surface area is 68.3 Å². The number of aliphatic hydroxyl groups is 1. The Morgan fingerprint density at radius 3 is 2.82 bits per heavy atom. The van der Waals surface area contributed by atoms with Crippen LogP contribution in [0.4, 0.5) is 0 Å². The monoisotopic (exact) mass is 159 g/mol. The number of ether oxygens (including phenoxy) is 1. The van der Waals surface area contributed by atoms with Gasteiger partial charge in [-0.05, 0) is 7.05 Å². The molecule has 0 aromatic carbocycles. The van der Waals surface area contributed by atoms with Crippen molar-refractivity contribution in [3.05, 3.63) is 12.7 Å². The molecule has 0 aliphatic carbocycles. The van der Waals surface area contributed by atoms with E-state index in [1.54, 1.807) is 13.2 Å². The van der Waals surface area contributed by atoms with Gasteiger partial charge >= 0.3 is 0 Å². The summed E-state index contributed by atoms with van der Waals surface area (Å²) in [5.74, 6) is 0. The molecule has 3 heteroatoms. The van der Waals surface area contributed by atoms with Crippen molar-refractivity contribution in [2.45, 2.75) is 6.10 Å². The zero-order valence-corrected chi connectivity index (χ0v) is 7.29. The largest absolute Gasteiger partial charge is 0.389 e. The van der Waals surface area contributed by atoms with Gasteiger partial charge in [-0.15, -0.1) is 6.58 Å². The minimum absolute atomic E-state index is 0.390. The van der Waals surface area contributed by atoms with Gasteiger partial charge in [-0.25, -0.2) is 0 Å². The first kappa shape index (κ1) is 10.6. The Kier molecular flexibility index (Phi) is 6.12. The maximum absolute atomic E-state index is 9.25. The summed E-state index contributed by atoms with van der Waals surface area (Å²) in [6, 6.07) is 0. The van der Waals surface area contributed by atoms with Gasteiger partial charge in [0.15, 0.2) is 0 Å². The molecule has 0 bridgehead atoms. The minimum Gasteiger partial charge on any atom is -0.389 e. The number of likely N-dealkylation sites (N-methyl/N-ethyl adjacent to an activating group) is 1. The molecule has 0 spiro atoms. The third kappa shape index (κ3) is 6.04. The Balaban J connectivity index is 3.39. The van der Waals surface area contributed by atoms with Gasteiger partial charge in [0.25, 0.3) is 0 Å². The predicted octanol–water partition coefficient (Wildman–Crippen LogP) is 0.111. The lowest BCUT2D eigenvalue weighted by Crippen LogP contribution is -2.31. The average Bonchev–Trinajstić information content (AvgIpc) is 1.87. The van der Waals surface area contributed by atoms with Crippen molar-refractivity contribution in [2.24, 2.45) is 0 Å². The van der Waals surface area contributed by atoms with Gasteiger partial charge in [-0.3, -0.25) is 0 Å². The molecular formula is C8H17NO2. The van der Waals surface area contributed by atoms with Crippen molar-refractivity contribution >= 4 is 0 Å². The summed E-state index contributed by atoms with van der Waals surface area (Å²) >= 11 is 0. The average molecular weight is 159 g/mol. The van der Waals surface area contributed by atoms with Crippen LogP contribution < -0.4 is 0 Å². The molecule has 0 fully saturated rings. The van der Waals surface area contributed by atoms with Gasteiger partial charge in [0.1, 0.15) is 0 Å². The summed E-state index contributed by atoms with van der Waals surface area (Å²) in [7, 11) is 3.51. The SMILES string of the molecule is C=CCN(C)CC(O)COC. The summed E-state index contributed by atoms with van der Waals surface area (Å²) in [5, 5.41) is 9.25. The molecule has 0 aromatic rings. The van der Waals surface area contributed by atoms with Gasteiger partial charge < -0.3 is 14.7 Å². The summed E-state index contributed by atoms with van der Waals surface area (Å²) in [4.78, 5) is 1.98. The lowest BCUT2D eigenvalue weighted by Gasteiger charge is -2.17. The molecule has 1 unspecified atom stereocenters. The molecule has 66 valence electrons. The third-order valence-corrected chi connectivity index (χ3v) is 1.32. The van der Waals surface area contributed by atoms with E-state index in [2.05, 4.69) is 6.58 Å². The second kappa shape index (κ2) is 6.34. The van der Waals surface area contributed by atoms with Gasteiger partial charge in [-0.2, -0.15) is 0 Å². The van der Waals surface area contributed by atoms with E-state index in [1.807, 2.05) is 11.9 Å². The van der Waals surface area contributed by atoms with Crippen LogP contribution in [0, 0.1) is 0 Å². The molecule has 0 rings (SSSR count). The fourth-order valence-electron chi connectivity index (χ4n) is 0.900. The number of aliphatic hydroxyl groups excluding tert-OH is 1. The molecular weight excluding hydrogens is 142 g/mol. The minimum atomic E-state index is -0.398. The number of hydrogen-bond donors (Lipinski definition) is 1. The molecule has 1 N–H and O–H groups in total. The number of hydrogen-bond acceptors (Lipinski definition) is 3. The summed E-state index contributed by atoms with van der Waals surface area (Å²) in [6.45, 7) is 5.41. The van der Waals surface area contributed by atoms with E-state index in [-0.39, 0.29) is 0 Å². The van der Waals surface area contributed by atoms with E-state index in [4.69, 9.17) is 4.74 Å². The van der Waals surface area contributed by atoms with Gasteiger partial charge in [0.05, 0.1) is 12.7 Å². The molecule has 0 saturated heterocycles. The molecule has 0 aliphatic rings. The highest BCUT2D eigenvalue weighted by Gasteiger charge is 2.05. The van der Waals surface area contributed by atoms with Crippen molar-refractivity contribution in [3.63, 3.8) is 0 Å². The van der Waals surface area contributed by atoms with E-state index in [0.717, 1.165) is 6.54 Å². The van der Waals surface area contributed by atoms with E-state index in [1.165, 1.54) is 0 Å². The molecule has 1 atom stereocenters. The fourth-order valence-corrected chi connectivity index (χ4v) is 0.900. The first-order chi connectivity index (χ1) is 5.20. The topological polar surface area (TPSA) is 32.7 Å². The van der Waals surface area contributed by atoms with Crippen LogP contribution in [0.1, 0.15) is 0 Å². The Bertz CT molecular complexity index is 106. The first-order valence-corrected chi connectivity index (χ1v) is 3.67. The Hall–Kier alpha value is -0.380. The maximum Gasteiger partial charge on any atom is 0.0900 e. The summed E-state index contributed by atoms with van der Waals surface area (Å²) < 4.78 is 4.78. The Morgan fingerprint density at radius 1 is 1.73 bits per heavy atom. The third-order valence-electron chi connectivity index (χ3n) is 1.32. The lowest BCUT2D eigenvalue weighted by atomic mass is 10.3. The molecule has 0 aromatic heterocycles. The highest BCUT2D eigenvalue weighted by atomic mass is 16.5. The van der Waals surface area contributed by atoms with Crippen LogP contribution >= 0.6 is 0 Å². The highest BCUT2D eigenvalue weighted by molar-refractivity contribution is 4.72. The number of rotatable bonds is 6. The van der Waals surface area contributed by atoms with Crippen molar-refractivity contribution in [3.8, 4) is 0 Å². The normalized spacial score (nSPS) is 13.5. The second-order valence-corrected chi connectivity index (χ2v) is 2.62. The molecule has 11 heavy (non-hydrogen) atoms. The van der Waals surface area contributed by atoms with Crippen molar-refractivity contribution in [1.82, 2.24) is 4.90 Å². The smallest absolute Gasteiger partial charge is 0.0900 e. The van der Waals surface area contributed by atoms with Gasteiger partial charge in [0, 0.05) is 20.2 Å². The molecule has 0 heterocycles. The van der Waals surface area contributed by atoms with Crippen molar-refractivity contribution in [2.75, 3.05) is 33.9 Å². The molecule has 0 radical (unpaired) electrons. The van der Waals surface area contributed by atoms with E-state index >= 15 is 0 Å². The van der Waals surface area contributed by atoms with Gasteiger partial charge in [0.2, 0.25) is 0 Å². The standard InChI is InChI=1S/C8H17NO2/c1-4-5-9(2)6-8(10)7-11-3/h4,8,10H,1,5-7H2,2-3H3. The van der Waals surface area contributed by atoms with Crippen molar-refractivity contribution in [1.29, 1.82) is 0 Å². The lowest BCUT2D eigenvalue weighted by molar-refractivity contribution is 0.0454. The van der Waals surface area contributed by atoms with E-state index in [0.29, 0.717) is 13.2 Å². The molecule has 0 amide bonds. The number of methoxy groups -OCH3 is 1.